The molecule has 0 bridgehead atoms. The van der Waals surface area contributed by atoms with Gasteiger partial charge in [-0.3, -0.25) is 0 Å². The van der Waals surface area contributed by atoms with Crippen LogP contribution in [0, 0.1) is 11.3 Å². The van der Waals surface area contributed by atoms with Crippen LogP contribution in [0.1, 0.15) is 12.0 Å². The fourth-order valence-corrected chi connectivity index (χ4v) is 2.13. The number of pyridine rings is 1. The van der Waals surface area contributed by atoms with Gasteiger partial charge >= 0.3 is 0 Å². The van der Waals surface area contributed by atoms with Gasteiger partial charge in [0.25, 0.3) is 0 Å². The molecule has 4 nitrogen and oxygen atoms in total. The van der Waals surface area contributed by atoms with Gasteiger partial charge in [-0.25, -0.2) is 4.98 Å². The van der Waals surface area contributed by atoms with Crippen LogP contribution in [0.4, 0.5) is 5.82 Å². The predicted octanol–water partition coefficient (Wildman–Crippen LogP) is 1.83. The topological polar surface area (TPSA) is 49.1 Å². The van der Waals surface area contributed by atoms with Gasteiger partial charge in [-0.2, -0.15) is 5.26 Å². The lowest BCUT2D eigenvalue weighted by Crippen LogP contribution is -2.23. The molecule has 84 valence electrons. The number of methoxy groups -OCH3 is 1. The molecule has 2 heterocycles. The number of rotatable bonds is 2. The molecule has 0 N–H and O–H groups in total. The van der Waals surface area contributed by atoms with Crippen molar-refractivity contribution < 1.29 is 4.74 Å². The van der Waals surface area contributed by atoms with Crippen LogP contribution in [0.3, 0.4) is 0 Å². The molecule has 0 amide bonds. The summed E-state index contributed by atoms with van der Waals surface area (Å²) in [6.45, 7) is 1.64. The Kier molecular flexibility index (Phi) is 3.28. The van der Waals surface area contributed by atoms with Crippen LogP contribution in [-0.2, 0) is 4.74 Å². The molecule has 1 aliphatic rings. The van der Waals surface area contributed by atoms with Gasteiger partial charge < -0.3 is 9.64 Å². The maximum atomic E-state index is 8.88. The van der Waals surface area contributed by atoms with Crippen LogP contribution in [-0.4, -0.2) is 31.3 Å². The second-order valence-corrected chi connectivity index (χ2v) is 4.08. The summed E-state index contributed by atoms with van der Waals surface area (Å²) < 4.78 is 5.28. The van der Waals surface area contributed by atoms with E-state index in [1.165, 1.54) is 0 Å². The zero-order valence-electron chi connectivity index (χ0n) is 8.98. The summed E-state index contributed by atoms with van der Waals surface area (Å²) in [5, 5.41) is 9.31. The van der Waals surface area contributed by atoms with Gasteiger partial charge in [-0.15, -0.1) is 0 Å². The number of aromatic nitrogens is 1. The van der Waals surface area contributed by atoms with Gasteiger partial charge in [0.1, 0.15) is 16.9 Å². The number of hydrogen-bond acceptors (Lipinski definition) is 4. The lowest BCUT2D eigenvalue weighted by Gasteiger charge is -2.18. The number of ether oxygens (including phenoxy) is 1. The smallest absolute Gasteiger partial charge is 0.148 e. The second-order valence-electron chi connectivity index (χ2n) is 3.70. The Morgan fingerprint density at radius 2 is 2.50 bits per heavy atom. The number of halogens is 1. The number of nitrogens with zero attached hydrogens (tertiary/aromatic N) is 3. The van der Waals surface area contributed by atoms with Gasteiger partial charge in [0.05, 0.1) is 11.7 Å². The lowest BCUT2D eigenvalue weighted by atomic mass is 10.3. The molecule has 0 spiro atoms. The minimum atomic E-state index is 0.226. The molecular formula is C11H12ClN3O. The second kappa shape index (κ2) is 4.69. The fraction of sp³-hybridized carbons (Fsp3) is 0.455. The molecule has 1 aromatic heterocycles. The van der Waals surface area contributed by atoms with Gasteiger partial charge in [0.15, 0.2) is 0 Å². The first-order valence-electron chi connectivity index (χ1n) is 5.08. The van der Waals surface area contributed by atoms with Crippen molar-refractivity contribution in [2.75, 3.05) is 25.1 Å². The van der Waals surface area contributed by atoms with E-state index in [1.54, 1.807) is 19.4 Å². The molecule has 16 heavy (non-hydrogen) atoms. The lowest BCUT2D eigenvalue weighted by molar-refractivity contribution is 0.121. The van der Waals surface area contributed by atoms with E-state index < -0.39 is 0 Å². The average Bonchev–Trinajstić information content (AvgIpc) is 2.78. The molecule has 0 saturated carbocycles. The highest BCUT2D eigenvalue weighted by atomic mass is 35.5. The summed E-state index contributed by atoms with van der Waals surface area (Å²) in [6.07, 6.45) is 2.80. The van der Waals surface area contributed by atoms with Crippen LogP contribution < -0.4 is 4.90 Å². The minimum absolute atomic E-state index is 0.226. The number of anilines is 1. The molecule has 0 aliphatic carbocycles. The van der Waals surface area contributed by atoms with Crippen molar-refractivity contribution in [2.24, 2.45) is 0 Å². The van der Waals surface area contributed by atoms with E-state index in [0.29, 0.717) is 16.4 Å². The van der Waals surface area contributed by atoms with Crippen molar-refractivity contribution in [2.45, 2.75) is 12.5 Å². The maximum absolute atomic E-state index is 8.88. The molecule has 0 radical (unpaired) electrons. The standard InChI is InChI=1S/C11H12ClN3O/c1-16-9-3-5-15(7-9)11-10(12)8(6-13)2-4-14-11/h2,4,9H,3,5,7H2,1H3. The van der Waals surface area contributed by atoms with Crippen molar-refractivity contribution in [3.05, 3.63) is 22.8 Å². The van der Waals surface area contributed by atoms with Crippen molar-refractivity contribution in [1.29, 1.82) is 5.26 Å². The highest BCUT2D eigenvalue weighted by Gasteiger charge is 2.25. The van der Waals surface area contributed by atoms with Crippen molar-refractivity contribution in [3.63, 3.8) is 0 Å². The summed E-state index contributed by atoms with van der Waals surface area (Å²) in [4.78, 5) is 6.28. The van der Waals surface area contributed by atoms with Gasteiger partial charge in [0.2, 0.25) is 0 Å². The molecule has 1 aromatic rings. The Bertz CT molecular complexity index is 430. The van der Waals surface area contributed by atoms with E-state index in [-0.39, 0.29) is 6.10 Å². The van der Waals surface area contributed by atoms with Crippen molar-refractivity contribution in [1.82, 2.24) is 4.98 Å². The van der Waals surface area contributed by atoms with Crippen molar-refractivity contribution >= 4 is 17.4 Å². The van der Waals surface area contributed by atoms with E-state index in [2.05, 4.69) is 16.0 Å². The Hall–Kier alpha value is -1.31. The summed E-state index contributed by atoms with van der Waals surface area (Å²) in [5.74, 6) is 0.681. The average molecular weight is 238 g/mol. The summed E-state index contributed by atoms with van der Waals surface area (Å²) in [6, 6.07) is 3.68. The molecule has 5 heteroatoms. The van der Waals surface area contributed by atoms with Gasteiger partial charge in [-0.05, 0) is 12.5 Å². The normalized spacial score (nSPS) is 19.8. The molecular weight excluding hydrogens is 226 g/mol. The monoisotopic (exact) mass is 237 g/mol. The molecule has 0 aromatic carbocycles. The Balaban J connectivity index is 2.25. The van der Waals surface area contributed by atoms with E-state index in [4.69, 9.17) is 21.6 Å². The Morgan fingerprint density at radius 1 is 1.69 bits per heavy atom. The largest absolute Gasteiger partial charge is 0.380 e. The van der Waals surface area contributed by atoms with E-state index in [1.807, 2.05) is 0 Å². The van der Waals surface area contributed by atoms with Crippen LogP contribution >= 0.6 is 11.6 Å². The van der Waals surface area contributed by atoms with Gasteiger partial charge in [-0.1, -0.05) is 11.6 Å². The van der Waals surface area contributed by atoms with E-state index in [0.717, 1.165) is 19.5 Å². The third kappa shape index (κ3) is 1.97. The highest BCUT2D eigenvalue weighted by Crippen LogP contribution is 2.29. The molecule has 1 fully saturated rings. The van der Waals surface area contributed by atoms with Crippen molar-refractivity contribution in [3.8, 4) is 6.07 Å². The van der Waals surface area contributed by atoms with Gasteiger partial charge in [0, 0.05) is 26.4 Å². The first kappa shape index (κ1) is 11.2. The van der Waals surface area contributed by atoms with E-state index in [9.17, 15) is 0 Å². The third-order valence-electron chi connectivity index (χ3n) is 2.77. The maximum Gasteiger partial charge on any atom is 0.148 e. The molecule has 1 unspecified atom stereocenters. The molecule has 2 rings (SSSR count). The quantitative estimate of drug-likeness (QED) is 0.788. The fourth-order valence-electron chi connectivity index (χ4n) is 1.85. The predicted molar refractivity (Wildman–Crippen MR) is 61.6 cm³/mol. The highest BCUT2D eigenvalue weighted by molar-refractivity contribution is 6.34. The number of hydrogen-bond donors (Lipinski definition) is 0. The molecule has 1 aliphatic heterocycles. The zero-order valence-corrected chi connectivity index (χ0v) is 9.74. The SMILES string of the molecule is COC1CCN(c2nccc(C#N)c2Cl)C1. The summed E-state index contributed by atoms with van der Waals surface area (Å²) in [5.41, 5.74) is 0.465. The zero-order chi connectivity index (χ0) is 11.5. The summed E-state index contributed by atoms with van der Waals surface area (Å²) >= 11 is 6.11. The molecule has 1 atom stereocenters. The number of nitriles is 1. The molecule has 1 saturated heterocycles. The summed E-state index contributed by atoms with van der Waals surface area (Å²) in [7, 11) is 1.70. The first-order chi connectivity index (χ1) is 7.76. The first-order valence-corrected chi connectivity index (χ1v) is 5.46. The van der Waals surface area contributed by atoms with Crippen LogP contribution in [0.25, 0.3) is 0 Å². The Morgan fingerprint density at radius 3 is 3.12 bits per heavy atom. The van der Waals surface area contributed by atoms with Crippen LogP contribution in [0.15, 0.2) is 12.3 Å². The van der Waals surface area contributed by atoms with Crippen LogP contribution in [0.2, 0.25) is 5.02 Å². The Labute approximate surface area is 99.4 Å². The van der Waals surface area contributed by atoms with Crippen LogP contribution in [0.5, 0.6) is 0 Å². The minimum Gasteiger partial charge on any atom is -0.380 e. The third-order valence-corrected chi connectivity index (χ3v) is 3.14. The van der Waals surface area contributed by atoms with E-state index >= 15 is 0 Å².